The van der Waals surface area contributed by atoms with Crippen LogP contribution in [0.1, 0.15) is 19.8 Å². The van der Waals surface area contributed by atoms with Gasteiger partial charge in [0.2, 0.25) is 5.91 Å². The molecule has 0 heterocycles. The largest absolute Gasteiger partial charge is 0.480 e. The van der Waals surface area contributed by atoms with Crippen LogP contribution < -0.4 is 5.32 Å². The molecule has 2 N–H and O–H groups in total. The van der Waals surface area contributed by atoms with Crippen molar-refractivity contribution < 1.29 is 14.7 Å². The van der Waals surface area contributed by atoms with Crippen molar-refractivity contribution in [2.75, 3.05) is 0 Å². The predicted molar refractivity (Wildman–Crippen MR) is 40.1 cm³/mol. The number of aliphatic carboxylic acids is 1. The molecule has 1 amide bonds. The number of carbonyl (C=O) groups excluding carboxylic acids is 1. The maximum absolute atomic E-state index is 10.5. The number of carboxylic acids is 1. The van der Waals surface area contributed by atoms with Crippen molar-refractivity contribution >= 4 is 11.9 Å². The number of nitriles is 1. The Labute approximate surface area is 70.0 Å². The summed E-state index contributed by atoms with van der Waals surface area (Å²) in [6.07, 6.45) is 0.267. The van der Waals surface area contributed by atoms with Gasteiger partial charge in [0.25, 0.3) is 0 Å². The van der Waals surface area contributed by atoms with Crippen molar-refractivity contribution in [2.24, 2.45) is 0 Å². The van der Waals surface area contributed by atoms with E-state index in [4.69, 9.17) is 10.4 Å². The average Bonchev–Trinajstić information content (AvgIpc) is 1.96. The molecule has 12 heavy (non-hydrogen) atoms. The maximum atomic E-state index is 10.5. The van der Waals surface area contributed by atoms with Gasteiger partial charge in [-0.05, 0) is 6.42 Å². The third-order valence-electron chi connectivity index (χ3n) is 1.22. The van der Waals surface area contributed by atoms with Crippen LogP contribution in [0.15, 0.2) is 0 Å². The number of nitrogens with zero attached hydrogens (tertiary/aromatic N) is 1. The second-order valence-corrected chi connectivity index (χ2v) is 2.29. The summed E-state index contributed by atoms with van der Waals surface area (Å²) in [6, 6.07) is 0.869. The molecule has 0 aromatic carbocycles. The van der Waals surface area contributed by atoms with Crippen LogP contribution in [-0.4, -0.2) is 23.0 Å². The average molecular weight is 170 g/mol. The van der Waals surface area contributed by atoms with E-state index in [1.165, 1.54) is 6.92 Å². The molecule has 1 atom stereocenters. The number of hydrogen-bond donors (Lipinski definition) is 2. The number of rotatable bonds is 4. The van der Waals surface area contributed by atoms with E-state index in [9.17, 15) is 9.59 Å². The van der Waals surface area contributed by atoms with Crippen LogP contribution in [0.5, 0.6) is 0 Å². The van der Waals surface area contributed by atoms with Crippen molar-refractivity contribution in [3.63, 3.8) is 0 Å². The Morgan fingerprint density at radius 3 is 2.58 bits per heavy atom. The van der Waals surface area contributed by atoms with Crippen LogP contribution in [0.2, 0.25) is 0 Å². The fourth-order valence-corrected chi connectivity index (χ4v) is 0.712. The highest BCUT2D eigenvalue weighted by Crippen LogP contribution is 1.96. The molecule has 0 radical (unpaired) electrons. The Balaban J connectivity index is 3.97. The molecular formula is C7H10N2O3. The van der Waals surface area contributed by atoms with E-state index in [-0.39, 0.29) is 12.8 Å². The highest BCUT2D eigenvalue weighted by atomic mass is 16.4. The smallest absolute Gasteiger partial charge is 0.326 e. The van der Waals surface area contributed by atoms with Crippen LogP contribution in [0, 0.1) is 11.3 Å². The van der Waals surface area contributed by atoms with Gasteiger partial charge >= 0.3 is 5.97 Å². The van der Waals surface area contributed by atoms with Crippen molar-refractivity contribution in [1.29, 1.82) is 5.26 Å². The Morgan fingerprint density at radius 2 is 2.25 bits per heavy atom. The third-order valence-corrected chi connectivity index (χ3v) is 1.22. The zero-order valence-electron chi connectivity index (χ0n) is 6.70. The summed E-state index contributed by atoms with van der Waals surface area (Å²) in [5, 5.41) is 18.9. The fraction of sp³-hybridized carbons (Fsp3) is 0.571. The first-order chi connectivity index (χ1) is 5.57. The van der Waals surface area contributed by atoms with Gasteiger partial charge in [-0.1, -0.05) is 0 Å². The molecule has 0 spiro atoms. The SMILES string of the molecule is CC(=O)NC(CCC#N)C(=O)O. The van der Waals surface area contributed by atoms with E-state index in [2.05, 4.69) is 5.32 Å². The van der Waals surface area contributed by atoms with Gasteiger partial charge in [0.1, 0.15) is 6.04 Å². The highest BCUT2D eigenvalue weighted by Gasteiger charge is 2.16. The van der Waals surface area contributed by atoms with Crippen LogP contribution in [-0.2, 0) is 9.59 Å². The molecule has 0 aromatic rings. The first kappa shape index (κ1) is 10.4. The first-order valence-electron chi connectivity index (χ1n) is 3.44. The first-order valence-corrected chi connectivity index (χ1v) is 3.44. The Kier molecular flexibility index (Phi) is 4.46. The van der Waals surface area contributed by atoms with Gasteiger partial charge in [0, 0.05) is 13.3 Å². The zero-order chi connectivity index (χ0) is 9.56. The standard InChI is InChI=1S/C7H10N2O3/c1-5(10)9-6(7(11)12)3-2-4-8/h6H,2-3H2,1H3,(H,9,10)(H,11,12). The molecule has 5 nitrogen and oxygen atoms in total. The molecule has 0 aliphatic heterocycles. The molecular weight excluding hydrogens is 160 g/mol. The van der Waals surface area contributed by atoms with Crippen molar-refractivity contribution in [2.45, 2.75) is 25.8 Å². The summed E-state index contributed by atoms with van der Waals surface area (Å²) in [4.78, 5) is 20.9. The molecule has 0 rings (SSSR count). The van der Waals surface area contributed by atoms with Crippen molar-refractivity contribution in [3.05, 3.63) is 0 Å². The van der Waals surface area contributed by atoms with E-state index >= 15 is 0 Å². The summed E-state index contributed by atoms with van der Waals surface area (Å²) in [5.41, 5.74) is 0. The van der Waals surface area contributed by atoms with E-state index in [0.29, 0.717) is 0 Å². The van der Waals surface area contributed by atoms with E-state index in [1.807, 2.05) is 6.07 Å². The lowest BCUT2D eigenvalue weighted by Gasteiger charge is -2.10. The van der Waals surface area contributed by atoms with Crippen molar-refractivity contribution in [1.82, 2.24) is 5.32 Å². The minimum atomic E-state index is -1.11. The molecule has 5 heteroatoms. The summed E-state index contributed by atoms with van der Waals surface area (Å²) in [6.45, 7) is 1.24. The van der Waals surface area contributed by atoms with Crippen LogP contribution in [0.4, 0.5) is 0 Å². The Bertz CT molecular complexity index is 219. The molecule has 0 bridgehead atoms. The number of carboxylic acid groups (broad SMARTS) is 1. The molecule has 1 unspecified atom stereocenters. The number of nitrogens with one attached hydrogen (secondary N) is 1. The predicted octanol–water partition coefficient (Wildman–Crippen LogP) is -0.121. The topological polar surface area (TPSA) is 90.2 Å². The van der Waals surface area contributed by atoms with E-state index < -0.39 is 17.9 Å². The second kappa shape index (κ2) is 5.13. The minimum Gasteiger partial charge on any atom is -0.480 e. The Hall–Kier alpha value is -1.57. The van der Waals surface area contributed by atoms with Gasteiger partial charge in [0.05, 0.1) is 6.07 Å². The lowest BCUT2D eigenvalue weighted by molar-refractivity contribution is -0.141. The van der Waals surface area contributed by atoms with Gasteiger partial charge in [-0.3, -0.25) is 4.79 Å². The van der Waals surface area contributed by atoms with Gasteiger partial charge in [0.15, 0.2) is 0 Å². The minimum absolute atomic E-state index is 0.122. The van der Waals surface area contributed by atoms with E-state index in [1.54, 1.807) is 0 Å². The Morgan fingerprint density at radius 1 is 1.67 bits per heavy atom. The zero-order valence-corrected chi connectivity index (χ0v) is 6.70. The summed E-state index contributed by atoms with van der Waals surface area (Å²) >= 11 is 0. The van der Waals surface area contributed by atoms with Crippen molar-refractivity contribution in [3.8, 4) is 6.07 Å². The summed E-state index contributed by atoms with van der Waals surface area (Å²) in [7, 11) is 0. The van der Waals surface area contributed by atoms with Gasteiger partial charge in [-0.15, -0.1) is 0 Å². The molecule has 66 valence electrons. The van der Waals surface area contributed by atoms with Gasteiger partial charge < -0.3 is 10.4 Å². The molecule has 0 fully saturated rings. The number of carbonyl (C=O) groups is 2. The van der Waals surface area contributed by atoms with Crippen LogP contribution >= 0.6 is 0 Å². The molecule has 0 aliphatic carbocycles. The fourth-order valence-electron chi connectivity index (χ4n) is 0.712. The molecule has 0 aromatic heterocycles. The van der Waals surface area contributed by atoms with Crippen LogP contribution in [0.25, 0.3) is 0 Å². The molecule has 0 aliphatic rings. The number of amides is 1. The normalized spacial score (nSPS) is 11.3. The van der Waals surface area contributed by atoms with Gasteiger partial charge in [-0.25, -0.2) is 4.79 Å². The third kappa shape index (κ3) is 4.28. The molecule has 0 saturated heterocycles. The summed E-state index contributed by atoms with van der Waals surface area (Å²) < 4.78 is 0. The number of hydrogen-bond acceptors (Lipinski definition) is 3. The van der Waals surface area contributed by atoms with Gasteiger partial charge in [-0.2, -0.15) is 5.26 Å². The lowest BCUT2D eigenvalue weighted by atomic mass is 10.1. The molecule has 0 saturated carbocycles. The van der Waals surface area contributed by atoms with Crippen LogP contribution in [0.3, 0.4) is 0 Å². The van der Waals surface area contributed by atoms with E-state index in [0.717, 1.165) is 0 Å². The maximum Gasteiger partial charge on any atom is 0.326 e. The summed E-state index contributed by atoms with van der Waals surface area (Å²) in [5.74, 6) is -1.51. The highest BCUT2D eigenvalue weighted by molar-refractivity contribution is 5.81. The second-order valence-electron chi connectivity index (χ2n) is 2.29. The monoisotopic (exact) mass is 170 g/mol. The lowest BCUT2D eigenvalue weighted by Crippen LogP contribution is -2.39. The quantitative estimate of drug-likeness (QED) is 0.615.